The van der Waals surface area contributed by atoms with Gasteiger partial charge in [0.1, 0.15) is 11.4 Å². The van der Waals surface area contributed by atoms with Crippen molar-refractivity contribution < 1.29 is 9.66 Å². The first-order valence-corrected chi connectivity index (χ1v) is 5.67. The maximum absolute atomic E-state index is 11.0. The van der Waals surface area contributed by atoms with Crippen LogP contribution >= 0.6 is 0 Å². The zero-order valence-electron chi connectivity index (χ0n) is 10.7. The van der Waals surface area contributed by atoms with Crippen LogP contribution in [0.15, 0.2) is 24.3 Å². The second-order valence-corrected chi connectivity index (χ2v) is 4.07. The Hall–Kier alpha value is -2.41. The van der Waals surface area contributed by atoms with Crippen LogP contribution in [0.25, 0.3) is 0 Å². The van der Waals surface area contributed by atoms with Crippen molar-refractivity contribution in [3.63, 3.8) is 0 Å². The third-order valence-electron chi connectivity index (χ3n) is 2.67. The fraction of sp³-hybridized carbons (Fsp3) is 0.250. The van der Waals surface area contributed by atoms with Crippen molar-refractivity contribution in [3.05, 3.63) is 45.6 Å². The molecule has 2 aromatic rings. The van der Waals surface area contributed by atoms with Gasteiger partial charge in [0, 0.05) is 13.6 Å². The predicted octanol–water partition coefficient (Wildman–Crippen LogP) is 1.89. The number of aromatic nitrogens is 2. The highest BCUT2D eigenvalue weighted by Gasteiger charge is 2.26. The molecule has 0 aliphatic heterocycles. The Balaban J connectivity index is 2.40. The second-order valence-electron chi connectivity index (χ2n) is 4.07. The normalized spacial score (nSPS) is 10.5. The molecule has 1 heterocycles. The van der Waals surface area contributed by atoms with E-state index in [1.807, 2.05) is 6.07 Å². The van der Waals surface area contributed by atoms with Crippen LogP contribution in [0.3, 0.4) is 0 Å². The number of hydrogen-bond donors (Lipinski definition) is 1. The topological polar surface area (TPSA) is 96.2 Å². The zero-order valence-corrected chi connectivity index (χ0v) is 10.7. The summed E-state index contributed by atoms with van der Waals surface area (Å²) < 4.78 is 6.92. The van der Waals surface area contributed by atoms with E-state index in [2.05, 4.69) is 5.10 Å². The highest BCUT2D eigenvalue weighted by atomic mass is 16.6. The Morgan fingerprint density at radius 1 is 1.53 bits per heavy atom. The summed E-state index contributed by atoms with van der Waals surface area (Å²) in [6.07, 6.45) is 0. The van der Waals surface area contributed by atoms with Crippen LogP contribution in [-0.4, -0.2) is 14.7 Å². The fourth-order valence-electron chi connectivity index (χ4n) is 1.80. The van der Waals surface area contributed by atoms with Crippen molar-refractivity contribution in [1.29, 1.82) is 0 Å². The van der Waals surface area contributed by atoms with Gasteiger partial charge in [0.15, 0.2) is 0 Å². The van der Waals surface area contributed by atoms with E-state index in [1.165, 1.54) is 4.68 Å². The molecule has 19 heavy (non-hydrogen) atoms. The molecule has 2 N–H and O–H groups in total. The Kier molecular flexibility index (Phi) is 3.48. The van der Waals surface area contributed by atoms with Crippen molar-refractivity contribution in [2.75, 3.05) is 0 Å². The third-order valence-corrected chi connectivity index (χ3v) is 2.67. The molecule has 0 saturated heterocycles. The van der Waals surface area contributed by atoms with Gasteiger partial charge >= 0.3 is 5.69 Å². The lowest BCUT2D eigenvalue weighted by Gasteiger charge is -2.06. The Bertz CT molecular complexity index is 621. The smallest absolute Gasteiger partial charge is 0.353 e. The fourth-order valence-corrected chi connectivity index (χ4v) is 1.80. The SMILES string of the molecule is Cc1nn(C)c(Oc2cccc(CN)c2)c1[N+](=O)[O-]. The highest BCUT2D eigenvalue weighted by Crippen LogP contribution is 2.33. The molecular formula is C12H14N4O3. The van der Waals surface area contributed by atoms with Crippen LogP contribution in [0.1, 0.15) is 11.3 Å². The summed E-state index contributed by atoms with van der Waals surface area (Å²) in [4.78, 5) is 10.5. The van der Waals surface area contributed by atoms with Gasteiger partial charge in [0.25, 0.3) is 5.88 Å². The van der Waals surface area contributed by atoms with Crippen molar-refractivity contribution in [2.24, 2.45) is 12.8 Å². The summed E-state index contributed by atoms with van der Waals surface area (Å²) >= 11 is 0. The average Bonchev–Trinajstić information content (AvgIpc) is 2.64. The molecule has 0 fully saturated rings. The first-order chi connectivity index (χ1) is 9.02. The lowest BCUT2D eigenvalue weighted by Crippen LogP contribution is -1.99. The van der Waals surface area contributed by atoms with Crippen molar-refractivity contribution in [3.8, 4) is 11.6 Å². The van der Waals surface area contributed by atoms with E-state index in [-0.39, 0.29) is 11.6 Å². The Labute approximate surface area is 109 Å². The minimum Gasteiger partial charge on any atom is -0.434 e. The van der Waals surface area contributed by atoms with Crippen LogP contribution in [0.4, 0.5) is 5.69 Å². The van der Waals surface area contributed by atoms with Gasteiger partial charge in [-0.2, -0.15) is 5.10 Å². The summed E-state index contributed by atoms with van der Waals surface area (Å²) in [5, 5.41) is 15.0. The number of hydrogen-bond acceptors (Lipinski definition) is 5. The van der Waals surface area contributed by atoms with E-state index in [0.717, 1.165) is 5.56 Å². The molecule has 0 atom stereocenters. The number of aryl methyl sites for hydroxylation is 2. The molecule has 1 aromatic carbocycles. The summed E-state index contributed by atoms with van der Waals surface area (Å²) in [5.74, 6) is 0.603. The molecule has 0 bridgehead atoms. The van der Waals surface area contributed by atoms with E-state index in [9.17, 15) is 10.1 Å². The average molecular weight is 262 g/mol. The number of nitrogens with zero attached hydrogens (tertiary/aromatic N) is 3. The molecule has 0 aliphatic carbocycles. The molecule has 100 valence electrons. The zero-order chi connectivity index (χ0) is 14.0. The summed E-state index contributed by atoms with van der Waals surface area (Å²) in [5.41, 5.74) is 6.62. The maximum atomic E-state index is 11.0. The minimum absolute atomic E-state index is 0.108. The van der Waals surface area contributed by atoms with Crippen molar-refractivity contribution >= 4 is 5.69 Å². The molecule has 0 aliphatic rings. The third kappa shape index (κ3) is 2.55. The van der Waals surface area contributed by atoms with Crippen molar-refractivity contribution in [1.82, 2.24) is 9.78 Å². The summed E-state index contributed by atoms with van der Waals surface area (Å²) in [7, 11) is 1.60. The molecule has 0 amide bonds. The number of nitro groups is 1. The summed E-state index contributed by atoms with van der Waals surface area (Å²) in [6.45, 7) is 1.95. The molecule has 1 aromatic heterocycles. The highest BCUT2D eigenvalue weighted by molar-refractivity contribution is 5.47. The van der Waals surface area contributed by atoms with Gasteiger partial charge in [-0.05, 0) is 24.6 Å². The number of rotatable bonds is 4. The quantitative estimate of drug-likeness (QED) is 0.670. The standard InChI is InChI=1S/C12H14N4O3/c1-8-11(16(17)18)12(15(2)14-8)19-10-5-3-4-9(6-10)7-13/h3-6H,7,13H2,1-2H3. The lowest BCUT2D eigenvalue weighted by atomic mass is 10.2. The van der Waals surface area contributed by atoms with Gasteiger partial charge in [0.05, 0.1) is 4.92 Å². The second kappa shape index (κ2) is 5.07. The Morgan fingerprint density at radius 3 is 2.89 bits per heavy atom. The van der Waals surface area contributed by atoms with Crippen LogP contribution < -0.4 is 10.5 Å². The lowest BCUT2D eigenvalue weighted by molar-refractivity contribution is -0.386. The maximum Gasteiger partial charge on any atom is 0.353 e. The van der Waals surface area contributed by atoms with E-state index in [4.69, 9.17) is 10.5 Å². The van der Waals surface area contributed by atoms with E-state index >= 15 is 0 Å². The molecule has 7 nitrogen and oxygen atoms in total. The van der Waals surface area contributed by atoms with Gasteiger partial charge in [-0.15, -0.1) is 0 Å². The number of benzene rings is 1. The Morgan fingerprint density at radius 2 is 2.26 bits per heavy atom. The van der Waals surface area contributed by atoms with Gasteiger partial charge in [-0.3, -0.25) is 10.1 Å². The van der Waals surface area contributed by atoms with E-state index < -0.39 is 4.92 Å². The van der Waals surface area contributed by atoms with Crippen LogP contribution in [-0.2, 0) is 13.6 Å². The predicted molar refractivity (Wildman–Crippen MR) is 69.0 cm³/mol. The first kappa shape index (κ1) is 13.0. The van der Waals surface area contributed by atoms with E-state index in [1.54, 1.807) is 32.2 Å². The molecule has 0 spiro atoms. The molecule has 0 radical (unpaired) electrons. The van der Waals surface area contributed by atoms with Gasteiger partial charge < -0.3 is 10.5 Å². The number of nitrogens with two attached hydrogens (primary N) is 1. The van der Waals surface area contributed by atoms with Gasteiger partial charge in [-0.1, -0.05) is 12.1 Å². The number of ether oxygens (including phenoxy) is 1. The van der Waals surface area contributed by atoms with Crippen LogP contribution in [0.5, 0.6) is 11.6 Å². The minimum atomic E-state index is -0.496. The van der Waals surface area contributed by atoms with Gasteiger partial charge in [-0.25, -0.2) is 4.68 Å². The first-order valence-electron chi connectivity index (χ1n) is 5.67. The molecule has 2 rings (SSSR count). The van der Waals surface area contributed by atoms with Crippen LogP contribution in [0.2, 0.25) is 0 Å². The monoisotopic (exact) mass is 262 g/mol. The van der Waals surface area contributed by atoms with Gasteiger partial charge in [0.2, 0.25) is 0 Å². The summed E-state index contributed by atoms with van der Waals surface area (Å²) in [6, 6.07) is 7.10. The van der Waals surface area contributed by atoms with Crippen LogP contribution in [0, 0.1) is 17.0 Å². The molecular weight excluding hydrogens is 248 g/mol. The van der Waals surface area contributed by atoms with Crippen molar-refractivity contribution in [2.45, 2.75) is 13.5 Å². The molecule has 0 unspecified atom stereocenters. The van der Waals surface area contributed by atoms with E-state index in [0.29, 0.717) is 18.0 Å². The molecule has 0 saturated carbocycles. The largest absolute Gasteiger partial charge is 0.434 e. The molecule has 7 heteroatoms.